The average molecular weight is 186 g/mol. The van der Waals surface area contributed by atoms with E-state index in [9.17, 15) is 0 Å². The maximum absolute atomic E-state index is 9.04. The molecule has 2 rings (SSSR count). The lowest BCUT2D eigenvalue weighted by atomic mass is 9.93. The first-order valence-electron chi connectivity index (χ1n) is 4.65. The maximum Gasteiger partial charge on any atom is 0.163 e. The lowest BCUT2D eigenvalue weighted by Gasteiger charge is -2.22. The highest BCUT2D eigenvalue weighted by Crippen LogP contribution is 2.37. The van der Waals surface area contributed by atoms with Crippen molar-refractivity contribution in [3.05, 3.63) is 0 Å². The van der Waals surface area contributed by atoms with Crippen LogP contribution in [-0.2, 0) is 14.2 Å². The van der Waals surface area contributed by atoms with Crippen molar-refractivity contribution < 1.29 is 19.3 Å². The Morgan fingerprint density at radius 2 is 1.92 bits per heavy atom. The van der Waals surface area contributed by atoms with E-state index in [-0.39, 0.29) is 30.9 Å². The minimum absolute atomic E-state index is 0.00363. The van der Waals surface area contributed by atoms with Crippen LogP contribution in [0.5, 0.6) is 0 Å². The molecule has 4 atom stereocenters. The third-order valence-corrected chi connectivity index (χ3v) is 2.56. The highest BCUT2D eigenvalue weighted by molar-refractivity contribution is 6.11. The molecule has 13 heavy (non-hydrogen) atoms. The van der Waals surface area contributed by atoms with E-state index in [1.165, 1.54) is 0 Å². The number of ether oxygens (including phenoxy) is 3. The zero-order chi connectivity index (χ0) is 9.64. The van der Waals surface area contributed by atoms with Gasteiger partial charge in [-0.1, -0.05) is 0 Å². The molecule has 74 valence electrons. The van der Waals surface area contributed by atoms with E-state index in [0.29, 0.717) is 0 Å². The molecule has 0 amide bonds. The van der Waals surface area contributed by atoms with E-state index >= 15 is 0 Å². The fourth-order valence-corrected chi connectivity index (χ4v) is 2.05. The Kier molecular flexibility index (Phi) is 2.15. The fourth-order valence-electron chi connectivity index (χ4n) is 2.05. The van der Waals surface area contributed by atoms with E-state index in [0.717, 1.165) is 0 Å². The molecule has 2 saturated heterocycles. The van der Waals surface area contributed by atoms with Gasteiger partial charge in [-0.3, -0.25) is 0 Å². The summed E-state index contributed by atoms with van der Waals surface area (Å²) >= 11 is 0. The summed E-state index contributed by atoms with van der Waals surface area (Å²) in [6.07, 6.45) is -0.385. The Morgan fingerprint density at radius 1 is 1.31 bits per heavy atom. The lowest BCUT2D eigenvalue weighted by molar-refractivity contribution is -0.182. The molecule has 5 heteroatoms. The highest BCUT2D eigenvalue weighted by Gasteiger charge is 2.52. The molecule has 0 bridgehead atoms. The molecule has 2 fully saturated rings. The van der Waals surface area contributed by atoms with Crippen LogP contribution in [0.3, 0.4) is 0 Å². The molecule has 0 saturated carbocycles. The van der Waals surface area contributed by atoms with Crippen LogP contribution >= 0.6 is 0 Å². The van der Waals surface area contributed by atoms with Gasteiger partial charge in [-0.05, 0) is 13.8 Å². The molecular formula is C8H15BO4. The summed E-state index contributed by atoms with van der Waals surface area (Å²) < 4.78 is 16.8. The summed E-state index contributed by atoms with van der Waals surface area (Å²) in [6, 6.07) is 0.00363. The maximum atomic E-state index is 9.04. The van der Waals surface area contributed by atoms with Gasteiger partial charge in [0.15, 0.2) is 5.79 Å². The summed E-state index contributed by atoms with van der Waals surface area (Å²) in [7, 11) is 1.94. The van der Waals surface area contributed by atoms with Gasteiger partial charge in [-0.25, -0.2) is 0 Å². The van der Waals surface area contributed by atoms with Crippen LogP contribution in [0.2, 0.25) is 0 Å². The Labute approximate surface area is 78.6 Å². The van der Waals surface area contributed by atoms with Crippen LogP contribution in [0.25, 0.3) is 0 Å². The van der Waals surface area contributed by atoms with E-state index < -0.39 is 5.79 Å². The highest BCUT2D eigenvalue weighted by atomic mass is 16.8. The van der Waals surface area contributed by atoms with Gasteiger partial charge < -0.3 is 19.3 Å². The first-order valence-corrected chi connectivity index (χ1v) is 4.65. The van der Waals surface area contributed by atoms with Crippen molar-refractivity contribution in [2.75, 3.05) is 6.61 Å². The van der Waals surface area contributed by atoms with E-state index in [4.69, 9.17) is 19.3 Å². The third kappa shape index (κ3) is 1.50. The van der Waals surface area contributed by atoms with Gasteiger partial charge in [-0.15, -0.1) is 0 Å². The molecule has 0 aromatic carbocycles. The second kappa shape index (κ2) is 2.95. The van der Waals surface area contributed by atoms with Crippen molar-refractivity contribution in [3.8, 4) is 0 Å². The first kappa shape index (κ1) is 9.46. The molecule has 2 aliphatic rings. The van der Waals surface area contributed by atoms with Gasteiger partial charge >= 0.3 is 0 Å². The minimum Gasteiger partial charge on any atom is -0.394 e. The number of hydrogen-bond acceptors (Lipinski definition) is 4. The van der Waals surface area contributed by atoms with Crippen molar-refractivity contribution in [3.63, 3.8) is 0 Å². The van der Waals surface area contributed by atoms with Crippen LogP contribution in [0.1, 0.15) is 13.8 Å². The first-order chi connectivity index (χ1) is 6.03. The van der Waals surface area contributed by atoms with Gasteiger partial charge in [0.05, 0.1) is 12.6 Å². The zero-order valence-corrected chi connectivity index (χ0v) is 8.19. The van der Waals surface area contributed by atoms with Crippen LogP contribution in [0.4, 0.5) is 0 Å². The van der Waals surface area contributed by atoms with E-state index in [2.05, 4.69) is 0 Å². The molecule has 2 heterocycles. The molecule has 0 aliphatic carbocycles. The molecule has 1 unspecified atom stereocenters. The summed E-state index contributed by atoms with van der Waals surface area (Å²) in [4.78, 5) is 0. The van der Waals surface area contributed by atoms with Gasteiger partial charge in [0.1, 0.15) is 26.2 Å². The zero-order valence-electron chi connectivity index (χ0n) is 8.19. The van der Waals surface area contributed by atoms with Crippen LogP contribution in [0.15, 0.2) is 0 Å². The van der Waals surface area contributed by atoms with Crippen molar-refractivity contribution in [2.24, 2.45) is 0 Å². The minimum atomic E-state index is -0.541. The number of fused-ring (bicyclic) bond motifs is 1. The number of hydrogen-bond donors (Lipinski definition) is 1. The van der Waals surface area contributed by atoms with Gasteiger partial charge in [0, 0.05) is 0 Å². The molecule has 2 aliphatic heterocycles. The molecular weight excluding hydrogens is 171 g/mol. The molecule has 1 N–H and O–H groups in total. The number of rotatable bonds is 1. The van der Waals surface area contributed by atoms with Crippen LogP contribution in [-0.4, -0.2) is 49.7 Å². The molecule has 0 aromatic heterocycles. The van der Waals surface area contributed by atoms with Crippen LogP contribution < -0.4 is 0 Å². The molecule has 0 radical (unpaired) electrons. The monoisotopic (exact) mass is 186 g/mol. The topological polar surface area (TPSA) is 47.9 Å². The normalized spacial score (nSPS) is 47.9. The van der Waals surface area contributed by atoms with E-state index in [1.54, 1.807) is 0 Å². The quantitative estimate of drug-likeness (QED) is 0.525. The standard InChI is InChI=1S/C8H15BO4/c1-8(2)12-5-4(3-10)11-7(9)6(5)13-8/h4-7,10H,3,9H2,1-2H3/t4-,5+,6?,7-/m1/s1. The number of aliphatic hydroxyl groups is 1. The van der Waals surface area contributed by atoms with Gasteiger partial charge in [0.2, 0.25) is 0 Å². The van der Waals surface area contributed by atoms with Gasteiger partial charge in [0.25, 0.3) is 0 Å². The van der Waals surface area contributed by atoms with Gasteiger partial charge in [-0.2, -0.15) is 0 Å². The van der Waals surface area contributed by atoms with Crippen molar-refractivity contribution in [2.45, 2.75) is 43.9 Å². The average Bonchev–Trinajstić information content (AvgIpc) is 2.47. The second-order valence-electron chi connectivity index (χ2n) is 4.13. The Bertz CT molecular complexity index is 208. The molecule has 4 nitrogen and oxygen atoms in total. The fraction of sp³-hybridized carbons (Fsp3) is 1.00. The SMILES string of the molecule is B[C@@H]1O[C@H](CO)[C@@H]2OC(C)(C)OC12. The van der Waals surface area contributed by atoms with Crippen LogP contribution in [0, 0.1) is 0 Å². The Morgan fingerprint density at radius 3 is 2.54 bits per heavy atom. The number of aliphatic hydroxyl groups excluding tert-OH is 1. The summed E-state index contributed by atoms with van der Waals surface area (Å²) in [6.45, 7) is 3.75. The van der Waals surface area contributed by atoms with Crippen molar-refractivity contribution in [1.29, 1.82) is 0 Å². The summed E-state index contributed by atoms with van der Waals surface area (Å²) in [5, 5.41) is 9.04. The van der Waals surface area contributed by atoms with Crippen molar-refractivity contribution in [1.82, 2.24) is 0 Å². The molecule has 0 aromatic rings. The smallest absolute Gasteiger partial charge is 0.163 e. The Hall–Kier alpha value is -0.0951. The Balaban J connectivity index is 2.12. The lowest BCUT2D eigenvalue weighted by Crippen LogP contribution is -2.31. The second-order valence-corrected chi connectivity index (χ2v) is 4.13. The predicted octanol–water partition coefficient (Wildman–Crippen LogP) is -1.14. The molecule has 0 spiro atoms. The largest absolute Gasteiger partial charge is 0.394 e. The van der Waals surface area contributed by atoms with E-state index in [1.807, 2.05) is 21.7 Å². The predicted molar refractivity (Wildman–Crippen MR) is 48.1 cm³/mol. The van der Waals surface area contributed by atoms with Crippen molar-refractivity contribution >= 4 is 7.85 Å². The summed E-state index contributed by atoms with van der Waals surface area (Å²) in [5.41, 5.74) is 0. The summed E-state index contributed by atoms with van der Waals surface area (Å²) in [5.74, 6) is -0.541. The third-order valence-electron chi connectivity index (χ3n) is 2.56.